The molecule has 3 nitrogen and oxygen atoms in total. The maximum Gasteiger partial charge on any atom is 0.0619 e. The van der Waals surface area contributed by atoms with Crippen LogP contribution in [0.5, 0.6) is 0 Å². The Morgan fingerprint density at radius 3 is 2.88 bits per heavy atom. The minimum absolute atomic E-state index is 0.0776. The molecular formula is C13H25NO2. The summed E-state index contributed by atoms with van der Waals surface area (Å²) in [5.41, 5.74) is 0. The maximum atomic E-state index is 10.0. The van der Waals surface area contributed by atoms with Crippen LogP contribution in [0, 0.1) is 11.8 Å². The highest BCUT2D eigenvalue weighted by molar-refractivity contribution is 4.82. The van der Waals surface area contributed by atoms with E-state index >= 15 is 0 Å². The Bertz CT molecular complexity index is 222. The van der Waals surface area contributed by atoms with Gasteiger partial charge in [0.15, 0.2) is 0 Å². The molecule has 0 amide bonds. The van der Waals surface area contributed by atoms with E-state index in [0.717, 1.165) is 38.6 Å². The van der Waals surface area contributed by atoms with E-state index in [1.165, 1.54) is 12.8 Å². The van der Waals surface area contributed by atoms with E-state index in [0.29, 0.717) is 12.0 Å². The number of aliphatic hydroxyl groups is 1. The van der Waals surface area contributed by atoms with Gasteiger partial charge < -0.3 is 9.84 Å². The van der Waals surface area contributed by atoms with E-state index < -0.39 is 0 Å². The van der Waals surface area contributed by atoms with E-state index in [2.05, 4.69) is 18.7 Å². The Labute approximate surface area is 98.8 Å². The summed E-state index contributed by atoms with van der Waals surface area (Å²) in [6.07, 6.45) is 3.29. The minimum Gasteiger partial charge on any atom is -0.393 e. The Morgan fingerprint density at radius 1 is 1.31 bits per heavy atom. The zero-order valence-electron chi connectivity index (χ0n) is 10.6. The fraction of sp³-hybridized carbons (Fsp3) is 1.00. The molecule has 0 spiro atoms. The predicted molar refractivity (Wildman–Crippen MR) is 64.4 cm³/mol. The number of ether oxygens (including phenoxy) is 1. The van der Waals surface area contributed by atoms with Gasteiger partial charge in [0.25, 0.3) is 0 Å². The molecule has 1 saturated heterocycles. The first-order chi connectivity index (χ1) is 7.66. The van der Waals surface area contributed by atoms with Crippen LogP contribution in [-0.4, -0.2) is 48.5 Å². The molecule has 0 aromatic carbocycles. The monoisotopic (exact) mass is 227 g/mol. The number of morpholine rings is 1. The minimum atomic E-state index is -0.0776. The molecule has 4 unspecified atom stereocenters. The normalized spacial score (nSPS) is 42.2. The van der Waals surface area contributed by atoms with Crippen LogP contribution in [0.3, 0.4) is 0 Å². The van der Waals surface area contributed by atoms with Gasteiger partial charge in [-0.2, -0.15) is 0 Å². The molecule has 3 heteroatoms. The van der Waals surface area contributed by atoms with Crippen LogP contribution in [0.25, 0.3) is 0 Å². The van der Waals surface area contributed by atoms with Crippen molar-refractivity contribution < 1.29 is 9.84 Å². The van der Waals surface area contributed by atoms with Crippen molar-refractivity contribution in [3.05, 3.63) is 0 Å². The van der Waals surface area contributed by atoms with Crippen LogP contribution in [0.15, 0.2) is 0 Å². The highest BCUT2D eigenvalue weighted by Gasteiger charge is 2.30. The summed E-state index contributed by atoms with van der Waals surface area (Å²) in [7, 11) is 0. The number of aliphatic hydroxyl groups excluding tert-OH is 1. The third-order valence-electron chi connectivity index (χ3n) is 4.18. The molecule has 0 aromatic rings. The third kappa shape index (κ3) is 2.96. The van der Waals surface area contributed by atoms with Gasteiger partial charge in [-0.3, -0.25) is 4.90 Å². The predicted octanol–water partition coefficient (Wildman–Crippen LogP) is 1.50. The van der Waals surface area contributed by atoms with Crippen LogP contribution < -0.4 is 0 Å². The van der Waals surface area contributed by atoms with Crippen molar-refractivity contribution in [2.75, 3.05) is 26.3 Å². The summed E-state index contributed by atoms with van der Waals surface area (Å²) in [6.45, 7) is 8.30. The van der Waals surface area contributed by atoms with Crippen LogP contribution in [0.4, 0.5) is 0 Å². The fourth-order valence-electron chi connectivity index (χ4n) is 3.01. The van der Waals surface area contributed by atoms with Crippen LogP contribution >= 0.6 is 0 Å². The average molecular weight is 227 g/mol. The quantitative estimate of drug-likeness (QED) is 0.776. The Balaban J connectivity index is 1.86. The lowest BCUT2D eigenvalue weighted by Gasteiger charge is -2.39. The van der Waals surface area contributed by atoms with E-state index in [1.807, 2.05) is 0 Å². The molecule has 4 atom stereocenters. The molecule has 2 rings (SSSR count). The highest BCUT2D eigenvalue weighted by Crippen LogP contribution is 2.30. The van der Waals surface area contributed by atoms with Crippen LogP contribution in [0.2, 0.25) is 0 Å². The largest absolute Gasteiger partial charge is 0.393 e. The first kappa shape index (κ1) is 12.3. The third-order valence-corrected chi connectivity index (χ3v) is 4.18. The smallest absolute Gasteiger partial charge is 0.0619 e. The molecule has 2 fully saturated rings. The summed E-state index contributed by atoms with van der Waals surface area (Å²) in [4.78, 5) is 2.48. The second kappa shape index (κ2) is 5.48. The van der Waals surface area contributed by atoms with Gasteiger partial charge in [0.2, 0.25) is 0 Å². The number of rotatable bonds is 2. The molecule has 0 radical (unpaired) electrons. The van der Waals surface area contributed by atoms with Gasteiger partial charge in [0.05, 0.1) is 19.3 Å². The van der Waals surface area contributed by atoms with Crippen molar-refractivity contribution >= 4 is 0 Å². The molecule has 16 heavy (non-hydrogen) atoms. The lowest BCUT2D eigenvalue weighted by atomic mass is 9.80. The molecule has 94 valence electrons. The van der Waals surface area contributed by atoms with Crippen molar-refractivity contribution in [1.29, 1.82) is 0 Å². The molecule has 1 saturated carbocycles. The Hall–Kier alpha value is -0.120. The molecule has 0 aromatic heterocycles. The van der Waals surface area contributed by atoms with E-state index in [4.69, 9.17) is 4.74 Å². The second-order valence-corrected chi connectivity index (χ2v) is 5.66. The Morgan fingerprint density at radius 2 is 2.12 bits per heavy atom. The topological polar surface area (TPSA) is 32.7 Å². The van der Waals surface area contributed by atoms with E-state index in [-0.39, 0.29) is 6.10 Å². The van der Waals surface area contributed by atoms with Crippen LogP contribution in [-0.2, 0) is 4.74 Å². The molecule has 0 bridgehead atoms. The Kier molecular flexibility index (Phi) is 4.22. The summed E-state index contributed by atoms with van der Waals surface area (Å²) >= 11 is 0. The lowest BCUT2D eigenvalue weighted by molar-refractivity contribution is -0.0321. The standard InChI is InChI=1S/C13H25NO2/c1-10-3-4-13(15)12(7-10)8-14-5-6-16-9-11(14)2/h10-13,15H,3-9H2,1-2H3. The van der Waals surface area contributed by atoms with Crippen molar-refractivity contribution in [3.8, 4) is 0 Å². The molecule has 1 aliphatic carbocycles. The van der Waals surface area contributed by atoms with Crippen molar-refractivity contribution in [2.24, 2.45) is 11.8 Å². The van der Waals surface area contributed by atoms with Gasteiger partial charge in [0.1, 0.15) is 0 Å². The number of nitrogens with zero attached hydrogens (tertiary/aromatic N) is 1. The van der Waals surface area contributed by atoms with E-state index in [1.54, 1.807) is 0 Å². The maximum absolute atomic E-state index is 10.0. The fourth-order valence-corrected chi connectivity index (χ4v) is 3.01. The van der Waals surface area contributed by atoms with Gasteiger partial charge >= 0.3 is 0 Å². The molecule has 1 N–H and O–H groups in total. The lowest BCUT2D eigenvalue weighted by Crippen LogP contribution is -2.48. The van der Waals surface area contributed by atoms with Gasteiger partial charge in [0, 0.05) is 19.1 Å². The summed E-state index contributed by atoms with van der Waals surface area (Å²) in [6, 6.07) is 0.512. The molecule has 1 heterocycles. The highest BCUT2D eigenvalue weighted by atomic mass is 16.5. The average Bonchev–Trinajstić information content (AvgIpc) is 2.27. The van der Waals surface area contributed by atoms with Gasteiger partial charge in [-0.15, -0.1) is 0 Å². The van der Waals surface area contributed by atoms with Gasteiger partial charge in [-0.1, -0.05) is 6.92 Å². The van der Waals surface area contributed by atoms with Gasteiger partial charge in [-0.05, 0) is 38.0 Å². The van der Waals surface area contributed by atoms with Crippen molar-refractivity contribution in [3.63, 3.8) is 0 Å². The first-order valence-electron chi connectivity index (χ1n) is 6.66. The SMILES string of the molecule is CC1CCC(O)C(CN2CCOCC2C)C1. The summed E-state index contributed by atoms with van der Waals surface area (Å²) < 4.78 is 5.44. The van der Waals surface area contributed by atoms with Gasteiger partial charge in [-0.25, -0.2) is 0 Å². The molecular weight excluding hydrogens is 202 g/mol. The molecule has 2 aliphatic rings. The second-order valence-electron chi connectivity index (χ2n) is 5.66. The van der Waals surface area contributed by atoms with Crippen LogP contribution in [0.1, 0.15) is 33.1 Å². The molecule has 1 aliphatic heterocycles. The first-order valence-corrected chi connectivity index (χ1v) is 6.66. The van der Waals surface area contributed by atoms with Crippen molar-refractivity contribution in [1.82, 2.24) is 4.90 Å². The van der Waals surface area contributed by atoms with Crippen molar-refractivity contribution in [2.45, 2.75) is 45.3 Å². The zero-order chi connectivity index (χ0) is 11.5. The number of hydrogen-bond donors (Lipinski definition) is 1. The summed E-state index contributed by atoms with van der Waals surface area (Å²) in [5.74, 6) is 1.26. The number of hydrogen-bond acceptors (Lipinski definition) is 3. The van der Waals surface area contributed by atoms with E-state index in [9.17, 15) is 5.11 Å². The zero-order valence-corrected chi connectivity index (χ0v) is 10.6. The summed E-state index contributed by atoms with van der Waals surface area (Å²) in [5, 5.41) is 10.0.